The van der Waals surface area contributed by atoms with Crippen LogP contribution in [0.2, 0.25) is 0 Å². The van der Waals surface area contributed by atoms with E-state index in [-0.39, 0.29) is 0 Å². The van der Waals surface area contributed by atoms with E-state index in [0.29, 0.717) is 17.7 Å². The molecule has 0 radical (unpaired) electrons. The molecule has 82 valence electrons. The van der Waals surface area contributed by atoms with Gasteiger partial charge in [0.05, 0.1) is 0 Å². The van der Waals surface area contributed by atoms with Crippen LogP contribution in [-0.4, -0.2) is 23.9 Å². The molecule has 0 aromatic carbocycles. The predicted octanol–water partition coefficient (Wildman–Crippen LogP) is 2.68. The maximum atomic E-state index is 12.1. The first-order valence-electron chi connectivity index (χ1n) is 5.99. The molecule has 1 fully saturated rings. The van der Waals surface area contributed by atoms with Gasteiger partial charge >= 0.3 is 0 Å². The van der Waals surface area contributed by atoms with Crippen LogP contribution in [0.3, 0.4) is 0 Å². The summed E-state index contributed by atoms with van der Waals surface area (Å²) in [6.07, 6.45) is 4.89. The van der Waals surface area contributed by atoms with Gasteiger partial charge in [-0.15, -0.1) is 0 Å². The summed E-state index contributed by atoms with van der Waals surface area (Å²) in [5, 5.41) is 0. The first kappa shape index (κ1) is 11.5. The van der Waals surface area contributed by atoms with E-state index in [2.05, 4.69) is 20.8 Å². The molecule has 1 amide bonds. The highest BCUT2D eigenvalue weighted by molar-refractivity contribution is 5.79. The Bertz CT molecular complexity index is 187. The highest BCUT2D eigenvalue weighted by atomic mass is 16.2. The fourth-order valence-corrected chi connectivity index (χ4v) is 2.45. The van der Waals surface area contributed by atoms with Gasteiger partial charge in [0.25, 0.3) is 0 Å². The van der Waals surface area contributed by atoms with Crippen LogP contribution in [0.25, 0.3) is 0 Å². The molecule has 14 heavy (non-hydrogen) atoms. The summed E-state index contributed by atoms with van der Waals surface area (Å²) in [5.41, 5.74) is 0. The number of hydrogen-bond donors (Lipinski definition) is 0. The van der Waals surface area contributed by atoms with Crippen LogP contribution in [0, 0.1) is 11.8 Å². The van der Waals surface area contributed by atoms with E-state index >= 15 is 0 Å². The average molecular weight is 197 g/mol. The van der Waals surface area contributed by atoms with Gasteiger partial charge in [0.1, 0.15) is 0 Å². The second-order valence-corrected chi connectivity index (χ2v) is 4.38. The molecule has 1 aliphatic carbocycles. The van der Waals surface area contributed by atoms with Crippen molar-refractivity contribution in [2.75, 3.05) is 13.1 Å². The third-order valence-corrected chi connectivity index (χ3v) is 3.50. The lowest BCUT2D eigenvalue weighted by molar-refractivity contribution is -0.137. The minimum absolute atomic E-state index is 0.309. The summed E-state index contributed by atoms with van der Waals surface area (Å²) in [6.45, 7) is 8.08. The van der Waals surface area contributed by atoms with Crippen LogP contribution in [0.1, 0.15) is 46.5 Å². The minimum atomic E-state index is 0.309. The van der Waals surface area contributed by atoms with Crippen molar-refractivity contribution in [2.45, 2.75) is 46.5 Å². The van der Waals surface area contributed by atoms with Crippen molar-refractivity contribution < 1.29 is 4.79 Å². The van der Waals surface area contributed by atoms with Crippen molar-refractivity contribution in [3.8, 4) is 0 Å². The fraction of sp³-hybridized carbons (Fsp3) is 0.917. The van der Waals surface area contributed by atoms with E-state index in [1.165, 1.54) is 19.3 Å². The quantitative estimate of drug-likeness (QED) is 0.681. The van der Waals surface area contributed by atoms with Gasteiger partial charge in [0.15, 0.2) is 0 Å². The molecule has 0 N–H and O–H groups in total. The van der Waals surface area contributed by atoms with E-state index in [4.69, 9.17) is 0 Å². The molecule has 2 nitrogen and oxygen atoms in total. The summed E-state index contributed by atoms with van der Waals surface area (Å²) >= 11 is 0. The maximum Gasteiger partial charge on any atom is 0.225 e. The van der Waals surface area contributed by atoms with Crippen LogP contribution in [0.15, 0.2) is 0 Å². The van der Waals surface area contributed by atoms with Gasteiger partial charge in [0, 0.05) is 19.0 Å². The van der Waals surface area contributed by atoms with Gasteiger partial charge in [0.2, 0.25) is 5.91 Å². The zero-order valence-electron chi connectivity index (χ0n) is 9.75. The van der Waals surface area contributed by atoms with E-state index in [1.807, 2.05) is 4.90 Å². The number of amides is 1. The molecule has 0 spiro atoms. The second kappa shape index (κ2) is 5.38. The number of hydrogen-bond acceptors (Lipinski definition) is 1. The lowest BCUT2D eigenvalue weighted by Crippen LogP contribution is -2.39. The lowest BCUT2D eigenvalue weighted by Gasteiger charge is -2.32. The molecule has 0 aliphatic heterocycles. The smallest absolute Gasteiger partial charge is 0.225 e. The molecule has 0 aromatic heterocycles. The number of rotatable bonds is 3. The zero-order valence-corrected chi connectivity index (χ0v) is 9.75. The van der Waals surface area contributed by atoms with E-state index < -0.39 is 0 Å². The van der Waals surface area contributed by atoms with Gasteiger partial charge in [-0.2, -0.15) is 0 Å². The van der Waals surface area contributed by atoms with Crippen LogP contribution >= 0.6 is 0 Å². The van der Waals surface area contributed by atoms with Crippen LogP contribution in [0.5, 0.6) is 0 Å². The molecule has 0 unspecified atom stereocenters. The van der Waals surface area contributed by atoms with E-state index in [1.54, 1.807) is 0 Å². The Balaban J connectivity index is 2.57. The van der Waals surface area contributed by atoms with Crippen molar-refractivity contribution in [3.05, 3.63) is 0 Å². The third-order valence-electron chi connectivity index (χ3n) is 3.50. The molecule has 0 heterocycles. The maximum absolute atomic E-state index is 12.1. The van der Waals surface area contributed by atoms with Gasteiger partial charge in [-0.05, 0) is 32.6 Å². The van der Waals surface area contributed by atoms with Gasteiger partial charge in [-0.25, -0.2) is 0 Å². The largest absolute Gasteiger partial charge is 0.343 e. The van der Waals surface area contributed by atoms with Gasteiger partial charge in [-0.3, -0.25) is 4.79 Å². The van der Waals surface area contributed by atoms with E-state index in [9.17, 15) is 4.79 Å². The molecule has 1 rings (SSSR count). The molecule has 1 saturated carbocycles. The average Bonchev–Trinajstić information content (AvgIpc) is 2.20. The molecule has 2 atom stereocenters. The Labute approximate surface area is 87.7 Å². The Hall–Kier alpha value is -0.530. The lowest BCUT2D eigenvalue weighted by atomic mass is 9.79. The first-order chi connectivity index (χ1) is 6.70. The zero-order chi connectivity index (χ0) is 10.6. The molecule has 2 heteroatoms. The Morgan fingerprint density at radius 3 is 2.29 bits per heavy atom. The molecule has 1 aliphatic rings. The van der Waals surface area contributed by atoms with Crippen molar-refractivity contribution in [1.29, 1.82) is 0 Å². The van der Waals surface area contributed by atoms with Crippen molar-refractivity contribution in [2.24, 2.45) is 11.8 Å². The summed E-state index contributed by atoms with van der Waals surface area (Å²) in [4.78, 5) is 14.1. The van der Waals surface area contributed by atoms with Gasteiger partial charge < -0.3 is 4.90 Å². The van der Waals surface area contributed by atoms with Gasteiger partial charge in [-0.1, -0.05) is 19.8 Å². The fourth-order valence-electron chi connectivity index (χ4n) is 2.45. The Morgan fingerprint density at radius 1 is 1.21 bits per heavy atom. The van der Waals surface area contributed by atoms with Crippen LogP contribution in [-0.2, 0) is 4.79 Å². The van der Waals surface area contributed by atoms with Crippen molar-refractivity contribution in [1.82, 2.24) is 4.90 Å². The molecule has 0 aromatic rings. The minimum Gasteiger partial charge on any atom is -0.343 e. The van der Waals surface area contributed by atoms with Crippen molar-refractivity contribution >= 4 is 5.91 Å². The Kier molecular flexibility index (Phi) is 4.43. The molecule has 0 bridgehead atoms. The SMILES string of the molecule is CCN(CC)C(=O)[C@H]1CCCC[C@@H]1C. The molecular weight excluding hydrogens is 174 g/mol. The predicted molar refractivity (Wildman–Crippen MR) is 59.1 cm³/mol. The summed E-state index contributed by atoms with van der Waals surface area (Å²) in [5.74, 6) is 1.29. The standard InChI is InChI=1S/C12H23NO/c1-4-13(5-2)12(14)11-9-7-6-8-10(11)3/h10-11H,4-9H2,1-3H3/t10-,11-/m0/s1. The number of carbonyl (C=O) groups excluding carboxylic acids is 1. The summed E-state index contributed by atoms with van der Waals surface area (Å²) < 4.78 is 0. The molecular formula is C12H23NO. The van der Waals surface area contributed by atoms with Crippen molar-refractivity contribution in [3.63, 3.8) is 0 Å². The third kappa shape index (κ3) is 2.49. The number of carbonyl (C=O) groups is 1. The monoisotopic (exact) mass is 197 g/mol. The topological polar surface area (TPSA) is 20.3 Å². The first-order valence-corrected chi connectivity index (χ1v) is 5.99. The van der Waals surface area contributed by atoms with Crippen LogP contribution < -0.4 is 0 Å². The Morgan fingerprint density at radius 2 is 1.79 bits per heavy atom. The van der Waals surface area contributed by atoms with E-state index in [0.717, 1.165) is 19.5 Å². The summed E-state index contributed by atoms with van der Waals surface area (Å²) in [6, 6.07) is 0. The molecule has 0 saturated heterocycles. The van der Waals surface area contributed by atoms with Crippen LogP contribution in [0.4, 0.5) is 0 Å². The number of nitrogens with zero attached hydrogens (tertiary/aromatic N) is 1. The highest BCUT2D eigenvalue weighted by Gasteiger charge is 2.29. The second-order valence-electron chi connectivity index (χ2n) is 4.38. The normalized spacial score (nSPS) is 27.4. The highest BCUT2D eigenvalue weighted by Crippen LogP contribution is 2.30. The summed E-state index contributed by atoms with van der Waals surface area (Å²) in [7, 11) is 0.